The van der Waals surface area contributed by atoms with E-state index in [9.17, 15) is 13.2 Å². The Hall–Kier alpha value is -2.61. The second-order valence-corrected chi connectivity index (χ2v) is 7.70. The molecule has 28 heavy (non-hydrogen) atoms. The molecule has 0 bridgehead atoms. The lowest BCUT2D eigenvalue weighted by molar-refractivity contribution is -0.140. The van der Waals surface area contributed by atoms with Gasteiger partial charge in [-0.25, -0.2) is 9.50 Å². The van der Waals surface area contributed by atoms with E-state index in [1.54, 1.807) is 30.3 Å². The molecule has 1 aromatic carbocycles. The van der Waals surface area contributed by atoms with E-state index in [1.807, 2.05) is 6.92 Å². The fourth-order valence-electron chi connectivity index (χ4n) is 3.23. The summed E-state index contributed by atoms with van der Waals surface area (Å²) in [7, 11) is 0. The number of benzene rings is 1. The second-order valence-electron chi connectivity index (χ2n) is 7.70. The van der Waals surface area contributed by atoms with Crippen LogP contribution in [0.4, 0.5) is 13.2 Å². The highest BCUT2D eigenvalue weighted by Crippen LogP contribution is 2.31. The van der Waals surface area contributed by atoms with Crippen molar-refractivity contribution in [1.82, 2.24) is 14.6 Å². The van der Waals surface area contributed by atoms with Crippen molar-refractivity contribution in [3.05, 3.63) is 48.4 Å². The van der Waals surface area contributed by atoms with Gasteiger partial charge in [0.25, 0.3) is 0 Å². The maximum atomic E-state index is 12.9. The number of rotatable bonds is 6. The number of nitrogens with two attached hydrogens (primary N) is 1. The van der Waals surface area contributed by atoms with Gasteiger partial charge in [0.05, 0.1) is 6.20 Å². The molecule has 0 fully saturated rings. The van der Waals surface area contributed by atoms with Crippen LogP contribution in [-0.2, 0) is 6.18 Å². The number of hydrogen-bond donors (Lipinski definition) is 1. The first kappa shape index (κ1) is 20.1. The molecule has 150 valence electrons. The molecule has 3 aromatic rings. The fraction of sp³-hybridized carbons (Fsp3) is 0.400. The third-order valence-electron chi connectivity index (χ3n) is 4.26. The van der Waals surface area contributed by atoms with E-state index in [-0.39, 0.29) is 5.65 Å². The van der Waals surface area contributed by atoms with Crippen molar-refractivity contribution in [2.24, 2.45) is 11.7 Å². The van der Waals surface area contributed by atoms with Gasteiger partial charge in [0, 0.05) is 17.3 Å². The largest absolute Gasteiger partial charge is 0.492 e. The Morgan fingerprint density at radius 2 is 1.82 bits per heavy atom. The Morgan fingerprint density at radius 1 is 1.14 bits per heavy atom. The zero-order valence-corrected chi connectivity index (χ0v) is 16.0. The summed E-state index contributed by atoms with van der Waals surface area (Å²) in [4.78, 5) is 3.71. The van der Waals surface area contributed by atoms with Crippen LogP contribution >= 0.6 is 0 Å². The summed E-state index contributed by atoms with van der Waals surface area (Å²) < 4.78 is 45.8. The predicted octanol–water partition coefficient (Wildman–Crippen LogP) is 4.56. The highest BCUT2D eigenvalue weighted by molar-refractivity contribution is 5.77. The highest BCUT2D eigenvalue weighted by atomic mass is 19.4. The normalized spacial score (nSPS) is 14.4. The summed E-state index contributed by atoms with van der Waals surface area (Å²) in [6, 6.07) is 8.74. The summed E-state index contributed by atoms with van der Waals surface area (Å²) in [6.07, 6.45) is -1.36. The van der Waals surface area contributed by atoms with Crippen molar-refractivity contribution in [2.45, 2.75) is 38.9 Å². The second kappa shape index (κ2) is 7.43. The summed E-state index contributed by atoms with van der Waals surface area (Å²) in [6.45, 7) is 6.54. The standard InChI is InChI=1S/C20H23F3N4O/c1-13(2)10-19(3,24)12-28-15-6-4-14(5-7-15)16-8-9-25-27-11-17(20(21,22)23)26-18(16)27/h4-9,11,13H,10,12,24H2,1-3H3. The first-order valence-electron chi connectivity index (χ1n) is 8.99. The molecule has 3 rings (SSSR count). The topological polar surface area (TPSA) is 65.4 Å². The van der Waals surface area contributed by atoms with Gasteiger partial charge in [-0.05, 0) is 43.0 Å². The van der Waals surface area contributed by atoms with Gasteiger partial charge in [-0.3, -0.25) is 0 Å². The van der Waals surface area contributed by atoms with Crippen molar-refractivity contribution < 1.29 is 17.9 Å². The van der Waals surface area contributed by atoms with Gasteiger partial charge < -0.3 is 10.5 Å². The first-order chi connectivity index (χ1) is 13.0. The molecule has 0 aliphatic heterocycles. The zero-order valence-electron chi connectivity index (χ0n) is 16.0. The van der Waals surface area contributed by atoms with E-state index >= 15 is 0 Å². The minimum Gasteiger partial charge on any atom is -0.492 e. The molecule has 2 heterocycles. The maximum absolute atomic E-state index is 12.9. The van der Waals surface area contributed by atoms with Crippen molar-refractivity contribution >= 4 is 5.65 Å². The summed E-state index contributed by atoms with van der Waals surface area (Å²) >= 11 is 0. The van der Waals surface area contributed by atoms with Crippen LogP contribution in [0, 0.1) is 5.92 Å². The van der Waals surface area contributed by atoms with E-state index in [1.165, 1.54) is 6.20 Å². The molecule has 0 aliphatic carbocycles. The molecule has 0 spiro atoms. The van der Waals surface area contributed by atoms with Crippen LogP contribution in [0.3, 0.4) is 0 Å². The third kappa shape index (κ3) is 4.62. The maximum Gasteiger partial charge on any atom is 0.434 e. The van der Waals surface area contributed by atoms with Crippen LogP contribution in [0.2, 0.25) is 0 Å². The molecule has 2 aromatic heterocycles. The van der Waals surface area contributed by atoms with Gasteiger partial charge in [-0.15, -0.1) is 0 Å². The lowest BCUT2D eigenvalue weighted by Crippen LogP contribution is -2.43. The monoisotopic (exact) mass is 392 g/mol. The fourth-order valence-corrected chi connectivity index (χ4v) is 3.23. The van der Waals surface area contributed by atoms with E-state index in [4.69, 9.17) is 10.5 Å². The minimum atomic E-state index is -4.52. The van der Waals surface area contributed by atoms with Gasteiger partial charge in [-0.1, -0.05) is 26.0 Å². The lowest BCUT2D eigenvalue weighted by Gasteiger charge is -2.26. The van der Waals surface area contributed by atoms with Crippen LogP contribution in [0.25, 0.3) is 16.8 Å². The minimum absolute atomic E-state index is 0.148. The number of nitrogens with zero attached hydrogens (tertiary/aromatic N) is 3. The third-order valence-corrected chi connectivity index (χ3v) is 4.26. The van der Waals surface area contributed by atoms with Crippen LogP contribution in [0.5, 0.6) is 5.75 Å². The van der Waals surface area contributed by atoms with Gasteiger partial charge in [0.15, 0.2) is 11.3 Å². The lowest BCUT2D eigenvalue weighted by atomic mass is 9.93. The van der Waals surface area contributed by atoms with Gasteiger partial charge in [0.2, 0.25) is 0 Å². The number of aromatic nitrogens is 3. The summed E-state index contributed by atoms with van der Waals surface area (Å²) in [5, 5.41) is 3.91. The molecule has 1 unspecified atom stereocenters. The molecule has 0 saturated carbocycles. The van der Waals surface area contributed by atoms with Crippen LogP contribution in [0.1, 0.15) is 32.9 Å². The molecule has 0 amide bonds. The molecule has 8 heteroatoms. The van der Waals surface area contributed by atoms with Crippen molar-refractivity contribution in [3.63, 3.8) is 0 Å². The average molecular weight is 392 g/mol. The van der Waals surface area contributed by atoms with Gasteiger partial charge >= 0.3 is 6.18 Å². The van der Waals surface area contributed by atoms with Crippen molar-refractivity contribution in [2.75, 3.05) is 6.61 Å². The number of hydrogen-bond acceptors (Lipinski definition) is 4. The summed E-state index contributed by atoms with van der Waals surface area (Å²) in [5.41, 5.74) is 6.27. The van der Waals surface area contributed by atoms with E-state index < -0.39 is 17.4 Å². The number of ether oxygens (including phenoxy) is 1. The Balaban J connectivity index is 1.81. The molecule has 0 radical (unpaired) electrons. The number of halogens is 3. The Morgan fingerprint density at radius 3 is 2.43 bits per heavy atom. The highest BCUT2D eigenvalue weighted by Gasteiger charge is 2.34. The molecular formula is C20H23F3N4O. The molecule has 2 N–H and O–H groups in total. The van der Waals surface area contributed by atoms with Crippen LogP contribution in [-0.4, -0.2) is 26.7 Å². The smallest absolute Gasteiger partial charge is 0.434 e. The predicted molar refractivity (Wildman–Crippen MR) is 101 cm³/mol. The van der Waals surface area contributed by atoms with Crippen molar-refractivity contribution in [1.29, 1.82) is 0 Å². The molecule has 1 atom stereocenters. The van der Waals surface area contributed by atoms with Gasteiger partial charge in [-0.2, -0.15) is 18.3 Å². The quantitative estimate of drug-likeness (QED) is 0.668. The van der Waals surface area contributed by atoms with Crippen LogP contribution in [0.15, 0.2) is 42.7 Å². The number of imidazole rings is 1. The molecule has 5 nitrogen and oxygen atoms in total. The van der Waals surface area contributed by atoms with Crippen molar-refractivity contribution in [3.8, 4) is 16.9 Å². The first-order valence-corrected chi connectivity index (χ1v) is 8.99. The SMILES string of the molecule is CC(C)CC(C)(N)COc1ccc(-c2ccnn3cc(C(F)(F)F)nc23)cc1. The molecular weight excluding hydrogens is 369 g/mol. The van der Waals surface area contributed by atoms with E-state index in [2.05, 4.69) is 23.9 Å². The average Bonchev–Trinajstić information content (AvgIpc) is 3.04. The zero-order chi connectivity index (χ0) is 20.5. The number of alkyl halides is 3. The Bertz CT molecular complexity index is 946. The van der Waals surface area contributed by atoms with E-state index in [0.29, 0.717) is 23.8 Å². The van der Waals surface area contributed by atoms with E-state index in [0.717, 1.165) is 22.7 Å². The Kier molecular flexibility index (Phi) is 5.34. The molecule has 0 aliphatic rings. The summed E-state index contributed by atoms with van der Waals surface area (Å²) in [5.74, 6) is 1.11. The Labute approximate surface area is 161 Å². The van der Waals surface area contributed by atoms with Gasteiger partial charge in [0.1, 0.15) is 12.4 Å². The number of fused-ring (bicyclic) bond motifs is 1. The molecule has 0 saturated heterocycles. The van der Waals surface area contributed by atoms with Crippen LogP contribution < -0.4 is 10.5 Å².